The van der Waals surface area contributed by atoms with Crippen molar-refractivity contribution in [3.8, 4) is 0 Å². The number of hydrogen-bond donors (Lipinski definition) is 1. The molecule has 3 rings (SSSR count). The van der Waals surface area contributed by atoms with E-state index in [-0.39, 0.29) is 6.04 Å². The van der Waals surface area contributed by atoms with Crippen molar-refractivity contribution in [2.45, 2.75) is 19.4 Å². The van der Waals surface area contributed by atoms with E-state index < -0.39 is 0 Å². The molecule has 0 bridgehead atoms. The van der Waals surface area contributed by atoms with Gasteiger partial charge in [-0.15, -0.1) is 0 Å². The predicted octanol–water partition coefficient (Wildman–Crippen LogP) is 3.06. The lowest BCUT2D eigenvalue weighted by molar-refractivity contribution is 0.455. The van der Waals surface area contributed by atoms with Gasteiger partial charge in [-0.1, -0.05) is 11.6 Å². The first-order valence-electron chi connectivity index (χ1n) is 5.96. The van der Waals surface area contributed by atoms with Crippen molar-refractivity contribution in [1.29, 1.82) is 0 Å². The summed E-state index contributed by atoms with van der Waals surface area (Å²) in [6.07, 6.45) is 3.99. The van der Waals surface area contributed by atoms with Gasteiger partial charge in [0.15, 0.2) is 5.65 Å². The van der Waals surface area contributed by atoms with E-state index in [9.17, 15) is 0 Å². The molecule has 0 aliphatic heterocycles. The zero-order valence-electron chi connectivity index (χ0n) is 10.4. The molecule has 0 aliphatic rings. The normalized spacial score (nSPS) is 12.9. The Morgan fingerprint density at radius 2 is 2.37 bits per heavy atom. The van der Waals surface area contributed by atoms with Gasteiger partial charge in [-0.05, 0) is 25.1 Å². The molecular formula is C13H13ClN4O. The second-order valence-corrected chi connectivity index (χ2v) is 4.91. The van der Waals surface area contributed by atoms with Gasteiger partial charge in [0.1, 0.15) is 11.3 Å². The van der Waals surface area contributed by atoms with Crippen molar-refractivity contribution in [3.63, 3.8) is 0 Å². The SMILES string of the molecule is CC(Cc1ccco1)n1c(N)nc2cc(Cl)cnc21. The molecular weight excluding hydrogens is 264 g/mol. The Morgan fingerprint density at radius 1 is 1.53 bits per heavy atom. The van der Waals surface area contributed by atoms with Crippen molar-refractivity contribution in [1.82, 2.24) is 14.5 Å². The molecule has 0 saturated heterocycles. The number of anilines is 1. The molecule has 3 aromatic rings. The van der Waals surface area contributed by atoms with Crippen LogP contribution in [0.2, 0.25) is 5.02 Å². The summed E-state index contributed by atoms with van der Waals surface area (Å²) in [7, 11) is 0. The number of hydrogen-bond acceptors (Lipinski definition) is 4. The van der Waals surface area contributed by atoms with Gasteiger partial charge in [0.05, 0.1) is 11.3 Å². The summed E-state index contributed by atoms with van der Waals surface area (Å²) in [5, 5.41) is 0.552. The minimum absolute atomic E-state index is 0.102. The lowest BCUT2D eigenvalue weighted by atomic mass is 10.2. The van der Waals surface area contributed by atoms with Crippen LogP contribution >= 0.6 is 11.6 Å². The van der Waals surface area contributed by atoms with Crippen LogP contribution in [-0.4, -0.2) is 14.5 Å². The molecule has 6 heteroatoms. The summed E-state index contributed by atoms with van der Waals surface area (Å²) in [6.45, 7) is 2.05. The van der Waals surface area contributed by atoms with E-state index in [0.717, 1.165) is 17.8 Å². The quantitative estimate of drug-likeness (QED) is 0.798. The lowest BCUT2D eigenvalue weighted by Gasteiger charge is -2.13. The number of fused-ring (bicyclic) bond motifs is 1. The first-order chi connectivity index (χ1) is 9.15. The Labute approximate surface area is 115 Å². The number of imidazole rings is 1. The molecule has 0 fully saturated rings. The Bertz CT molecular complexity index is 705. The predicted molar refractivity (Wildman–Crippen MR) is 74.1 cm³/mol. The summed E-state index contributed by atoms with van der Waals surface area (Å²) in [5.41, 5.74) is 7.41. The largest absolute Gasteiger partial charge is 0.469 e. The second kappa shape index (κ2) is 4.59. The van der Waals surface area contributed by atoms with Gasteiger partial charge in [-0.3, -0.25) is 4.57 Å². The minimum atomic E-state index is 0.102. The van der Waals surface area contributed by atoms with Gasteiger partial charge in [-0.2, -0.15) is 0 Å². The Hall–Kier alpha value is -2.01. The molecule has 5 nitrogen and oxygen atoms in total. The number of aromatic nitrogens is 3. The smallest absolute Gasteiger partial charge is 0.202 e. The van der Waals surface area contributed by atoms with Crippen LogP contribution in [0.25, 0.3) is 11.2 Å². The molecule has 3 heterocycles. The second-order valence-electron chi connectivity index (χ2n) is 4.47. The fourth-order valence-electron chi connectivity index (χ4n) is 2.22. The van der Waals surface area contributed by atoms with E-state index in [2.05, 4.69) is 16.9 Å². The highest BCUT2D eigenvalue weighted by molar-refractivity contribution is 6.31. The van der Waals surface area contributed by atoms with Crippen molar-refractivity contribution in [2.75, 3.05) is 5.73 Å². The van der Waals surface area contributed by atoms with Crippen molar-refractivity contribution >= 4 is 28.7 Å². The van der Waals surface area contributed by atoms with Crippen LogP contribution in [0, 0.1) is 0 Å². The standard InChI is InChI=1S/C13H13ClN4O/c1-8(5-10-3-2-4-19-10)18-12-11(17-13(18)15)6-9(14)7-16-12/h2-4,6-8H,5H2,1H3,(H2,15,17). The molecule has 1 unspecified atom stereocenters. The monoisotopic (exact) mass is 276 g/mol. The Balaban J connectivity index is 2.01. The molecule has 19 heavy (non-hydrogen) atoms. The summed E-state index contributed by atoms with van der Waals surface area (Å²) in [5.74, 6) is 1.34. The summed E-state index contributed by atoms with van der Waals surface area (Å²) in [4.78, 5) is 8.60. The van der Waals surface area contributed by atoms with Gasteiger partial charge in [0.25, 0.3) is 0 Å². The van der Waals surface area contributed by atoms with E-state index >= 15 is 0 Å². The highest BCUT2D eigenvalue weighted by atomic mass is 35.5. The van der Waals surface area contributed by atoms with E-state index in [1.807, 2.05) is 16.7 Å². The van der Waals surface area contributed by atoms with Gasteiger partial charge in [-0.25, -0.2) is 9.97 Å². The number of nitrogens with zero attached hydrogens (tertiary/aromatic N) is 3. The summed E-state index contributed by atoms with van der Waals surface area (Å²) in [6, 6.07) is 5.67. The zero-order valence-corrected chi connectivity index (χ0v) is 11.1. The number of nitrogens with two attached hydrogens (primary N) is 1. The van der Waals surface area contributed by atoms with Crippen LogP contribution in [0.5, 0.6) is 0 Å². The number of nitrogen functional groups attached to an aromatic ring is 1. The van der Waals surface area contributed by atoms with E-state index in [1.54, 1.807) is 18.5 Å². The van der Waals surface area contributed by atoms with E-state index in [0.29, 0.717) is 16.5 Å². The molecule has 0 spiro atoms. The zero-order chi connectivity index (χ0) is 13.4. The average Bonchev–Trinajstić information content (AvgIpc) is 2.95. The number of rotatable bonds is 3. The molecule has 0 radical (unpaired) electrons. The third kappa shape index (κ3) is 2.17. The molecule has 0 aliphatic carbocycles. The third-order valence-electron chi connectivity index (χ3n) is 3.04. The first-order valence-corrected chi connectivity index (χ1v) is 6.34. The minimum Gasteiger partial charge on any atom is -0.469 e. The molecule has 3 aromatic heterocycles. The number of furan rings is 1. The number of pyridine rings is 1. The van der Waals surface area contributed by atoms with Crippen LogP contribution in [0.1, 0.15) is 18.7 Å². The van der Waals surface area contributed by atoms with Crippen LogP contribution in [-0.2, 0) is 6.42 Å². The van der Waals surface area contributed by atoms with Gasteiger partial charge < -0.3 is 10.2 Å². The maximum absolute atomic E-state index is 5.97. The van der Waals surface area contributed by atoms with E-state index in [4.69, 9.17) is 21.8 Å². The third-order valence-corrected chi connectivity index (χ3v) is 3.25. The molecule has 0 amide bonds. The average molecular weight is 277 g/mol. The number of halogens is 1. The van der Waals surface area contributed by atoms with Gasteiger partial charge in [0.2, 0.25) is 5.95 Å². The molecule has 98 valence electrons. The maximum atomic E-state index is 5.97. The van der Waals surface area contributed by atoms with Crippen molar-refractivity contribution < 1.29 is 4.42 Å². The van der Waals surface area contributed by atoms with Crippen molar-refractivity contribution in [3.05, 3.63) is 41.4 Å². The van der Waals surface area contributed by atoms with Gasteiger partial charge in [0, 0.05) is 18.7 Å². The molecule has 2 N–H and O–H groups in total. The maximum Gasteiger partial charge on any atom is 0.202 e. The van der Waals surface area contributed by atoms with Crippen LogP contribution in [0.4, 0.5) is 5.95 Å². The summed E-state index contributed by atoms with van der Waals surface area (Å²) < 4.78 is 7.25. The fourth-order valence-corrected chi connectivity index (χ4v) is 2.37. The van der Waals surface area contributed by atoms with Crippen LogP contribution in [0.15, 0.2) is 35.1 Å². The fraction of sp³-hybridized carbons (Fsp3) is 0.231. The molecule has 1 atom stereocenters. The van der Waals surface area contributed by atoms with Crippen LogP contribution < -0.4 is 5.73 Å². The Morgan fingerprint density at radius 3 is 3.11 bits per heavy atom. The Kier molecular flexibility index (Phi) is 2.91. The van der Waals surface area contributed by atoms with Crippen molar-refractivity contribution in [2.24, 2.45) is 0 Å². The highest BCUT2D eigenvalue weighted by Gasteiger charge is 2.16. The van der Waals surface area contributed by atoms with Gasteiger partial charge >= 0.3 is 0 Å². The summed E-state index contributed by atoms with van der Waals surface area (Å²) >= 11 is 5.91. The molecule has 0 aromatic carbocycles. The first kappa shape index (κ1) is 12.0. The van der Waals surface area contributed by atoms with E-state index in [1.165, 1.54) is 0 Å². The lowest BCUT2D eigenvalue weighted by Crippen LogP contribution is -2.11. The molecule has 0 saturated carbocycles. The topological polar surface area (TPSA) is 69.9 Å². The van der Waals surface area contributed by atoms with Crippen LogP contribution in [0.3, 0.4) is 0 Å². The highest BCUT2D eigenvalue weighted by Crippen LogP contribution is 2.25.